The monoisotopic (exact) mass is 382 g/mol. The van der Waals surface area contributed by atoms with Gasteiger partial charge in [-0.05, 0) is 32.9 Å². The predicted octanol–water partition coefficient (Wildman–Crippen LogP) is 3.56. The number of nitrogens with zero attached hydrogens (tertiary/aromatic N) is 2. The molecule has 0 saturated carbocycles. The second kappa shape index (κ2) is 7.53. The van der Waals surface area contributed by atoms with Crippen LogP contribution < -0.4 is 9.64 Å². The smallest absolute Gasteiger partial charge is 0.410 e. The van der Waals surface area contributed by atoms with Gasteiger partial charge in [0.15, 0.2) is 5.75 Å². The Morgan fingerprint density at radius 1 is 1.35 bits per heavy atom. The normalized spacial score (nSPS) is 22.8. The van der Waals surface area contributed by atoms with Crippen molar-refractivity contribution < 1.29 is 19.0 Å². The lowest BCUT2D eigenvalue weighted by Gasteiger charge is -2.42. The Hall–Kier alpha value is -1.66. The van der Waals surface area contributed by atoms with Gasteiger partial charge in [-0.1, -0.05) is 17.7 Å². The van der Waals surface area contributed by atoms with E-state index in [0.29, 0.717) is 37.0 Å². The van der Waals surface area contributed by atoms with E-state index >= 15 is 0 Å². The second-order valence-electron chi connectivity index (χ2n) is 7.79. The van der Waals surface area contributed by atoms with E-state index in [9.17, 15) is 4.79 Å². The number of carbonyl (C=O) groups is 1. The van der Waals surface area contributed by atoms with Crippen LogP contribution in [0.5, 0.6) is 5.75 Å². The highest BCUT2D eigenvalue weighted by molar-refractivity contribution is 6.32. The van der Waals surface area contributed by atoms with Gasteiger partial charge in [0, 0.05) is 33.2 Å². The van der Waals surface area contributed by atoms with E-state index in [1.807, 2.05) is 39.0 Å². The summed E-state index contributed by atoms with van der Waals surface area (Å²) in [4.78, 5) is 16.6. The molecule has 6 nitrogen and oxygen atoms in total. The van der Waals surface area contributed by atoms with Crippen molar-refractivity contribution in [3.8, 4) is 5.75 Å². The van der Waals surface area contributed by atoms with E-state index in [2.05, 4.69) is 4.90 Å². The van der Waals surface area contributed by atoms with Gasteiger partial charge in [0.25, 0.3) is 0 Å². The molecule has 2 aliphatic heterocycles. The molecule has 1 amide bonds. The molecule has 26 heavy (non-hydrogen) atoms. The number of methoxy groups -OCH3 is 1. The van der Waals surface area contributed by atoms with Gasteiger partial charge in [-0.15, -0.1) is 0 Å². The molecule has 0 bridgehead atoms. The molecule has 2 heterocycles. The zero-order chi connectivity index (χ0) is 18.9. The van der Waals surface area contributed by atoms with Crippen LogP contribution in [-0.4, -0.2) is 62.1 Å². The fourth-order valence-electron chi connectivity index (χ4n) is 3.51. The Morgan fingerprint density at radius 2 is 2.12 bits per heavy atom. The van der Waals surface area contributed by atoms with Crippen LogP contribution in [0.1, 0.15) is 27.2 Å². The quantitative estimate of drug-likeness (QED) is 0.782. The molecule has 0 aromatic heterocycles. The number of halogens is 1. The molecule has 0 N–H and O–H groups in total. The number of hydrogen-bond acceptors (Lipinski definition) is 5. The predicted molar refractivity (Wildman–Crippen MR) is 101 cm³/mol. The summed E-state index contributed by atoms with van der Waals surface area (Å²) in [5.41, 5.74) is 0.476. The molecule has 2 atom stereocenters. The van der Waals surface area contributed by atoms with E-state index in [0.717, 1.165) is 12.1 Å². The minimum absolute atomic E-state index is 0.118. The van der Waals surface area contributed by atoms with Crippen molar-refractivity contribution in [2.75, 3.05) is 38.3 Å². The molecule has 2 aliphatic rings. The second-order valence-corrected chi connectivity index (χ2v) is 8.20. The van der Waals surface area contributed by atoms with Crippen LogP contribution in [0.4, 0.5) is 10.5 Å². The average molecular weight is 383 g/mol. The van der Waals surface area contributed by atoms with Crippen molar-refractivity contribution >= 4 is 23.4 Å². The van der Waals surface area contributed by atoms with E-state index < -0.39 is 5.60 Å². The van der Waals surface area contributed by atoms with Crippen LogP contribution in [0.15, 0.2) is 18.2 Å². The third kappa shape index (κ3) is 4.18. The molecule has 0 radical (unpaired) electrons. The van der Waals surface area contributed by atoms with Crippen molar-refractivity contribution in [2.45, 2.75) is 44.9 Å². The molecule has 1 aromatic carbocycles. The van der Waals surface area contributed by atoms with Crippen LogP contribution in [0.2, 0.25) is 5.02 Å². The Kier molecular flexibility index (Phi) is 5.53. The number of carbonyl (C=O) groups excluding carboxylic acids is 1. The molecule has 7 heteroatoms. The summed E-state index contributed by atoms with van der Waals surface area (Å²) in [5, 5.41) is 0.596. The van der Waals surface area contributed by atoms with Gasteiger partial charge in [0.05, 0.1) is 23.4 Å². The van der Waals surface area contributed by atoms with Gasteiger partial charge in [-0.25, -0.2) is 4.79 Å². The van der Waals surface area contributed by atoms with Crippen LogP contribution in [-0.2, 0) is 9.47 Å². The average Bonchev–Trinajstić information content (AvgIpc) is 2.70. The highest BCUT2D eigenvalue weighted by Gasteiger charge is 2.37. The largest absolute Gasteiger partial charge is 0.484 e. The maximum Gasteiger partial charge on any atom is 0.410 e. The minimum Gasteiger partial charge on any atom is -0.484 e. The maximum atomic E-state index is 12.5. The first-order valence-electron chi connectivity index (χ1n) is 8.97. The minimum atomic E-state index is -0.501. The fraction of sp³-hybridized carbons (Fsp3) is 0.632. The molecule has 0 spiro atoms. The van der Waals surface area contributed by atoms with Crippen molar-refractivity contribution in [3.63, 3.8) is 0 Å². The number of benzene rings is 1. The zero-order valence-corrected chi connectivity index (χ0v) is 16.6. The number of para-hydroxylation sites is 1. The van der Waals surface area contributed by atoms with Gasteiger partial charge in [0.1, 0.15) is 11.7 Å². The van der Waals surface area contributed by atoms with E-state index in [4.69, 9.17) is 25.8 Å². The lowest BCUT2D eigenvalue weighted by Crippen LogP contribution is -2.56. The van der Waals surface area contributed by atoms with Crippen LogP contribution in [0, 0.1) is 0 Å². The highest BCUT2D eigenvalue weighted by atomic mass is 35.5. The summed E-state index contributed by atoms with van der Waals surface area (Å²) >= 11 is 6.39. The number of ether oxygens (including phenoxy) is 3. The van der Waals surface area contributed by atoms with Gasteiger partial charge in [0.2, 0.25) is 0 Å². The Morgan fingerprint density at radius 3 is 2.81 bits per heavy atom. The van der Waals surface area contributed by atoms with Gasteiger partial charge < -0.3 is 24.0 Å². The van der Waals surface area contributed by atoms with Gasteiger partial charge in [-0.3, -0.25) is 0 Å². The molecule has 0 aliphatic carbocycles. The molecule has 1 aromatic rings. The molecule has 0 unspecified atom stereocenters. The summed E-state index contributed by atoms with van der Waals surface area (Å²) in [5.74, 6) is 0.699. The third-order valence-electron chi connectivity index (χ3n) is 4.56. The first-order chi connectivity index (χ1) is 12.3. The van der Waals surface area contributed by atoms with Crippen molar-refractivity contribution in [1.82, 2.24) is 4.90 Å². The molecular formula is C19H27ClN2O4. The number of hydrogen-bond donors (Lipinski definition) is 0. The topological polar surface area (TPSA) is 51.2 Å². The summed E-state index contributed by atoms with van der Waals surface area (Å²) < 4.78 is 17.0. The number of piperazine rings is 1. The number of rotatable bonds is 2. The van der Waals surface area contributed by atoms with Crippen molar-refractivity contribution in [2.24, 2.45) is 0 Å². The van der Waals surface area contributed by atoms with E-state index in [-0.39, 0.29) is 18.2 Å². The number of anilines is 1. The van der Waals surface area contributed by atoms with Crippen LogP contribution in [0.3, 0.4) is 0 Å². The third-order valence-corrected chi connectivity index (χ3v) is 4.86. The zero-order valence-electron chi connectivity index (χ0n) is 15.8. The van der Waals surface area contributed by atoms with Crippen molar-refractivity contribution in [3.05, 3.63) is 23.2 Å². The molecule has 1 fully saturated rings. The first-order valence-corrected chi connectivity index (χ1v) is 9.35. The molecular weight excluding hydrogens is 356 g/mol. The van der Waals surface area contributed by atoms with E-state index in [1.165, 1.54) is 0 Å². The van der Waals surface area contributed by atoms with Gasteiger partial charge >= 0.3 is 6.09 Å². The molecule has 3 rings (SSSR count). The molecule has 1 saturated heterocycles. The standard InChI is InChI=1S/C19H27ClN2O4/c1-19(2,3)26-18(23)21-8-9-22-13(11-21)10-14(12-24-4)25-17-15(20)6-5-7-16(17)22/h5-7,13-14H,8-12H2,1-4H3/t13-,14+/m1/s1. The highest BCUT2D eigenvalue weighted by Crippen LogP contribution is 2.41. The Balaban J connectivity index is 1.83. The summed E-state index contributed by atoms with van der Waals surface area (Å²) in [6, 6.07) is 5.91. The summed E-state index contributed by atoms with van der Waals surface area (Å²) in [6.07, 6.45) is 0.363. The lowest BCUT2D eigenvalue weighted by atomic mass is 10.0. The number of fused-ring (bicyclic) bond motifs is 3. The summed E-state index contributed by atoms with van der Waals surface area (Å²) in [7, 11) is 1.66. The molecule has 144 valence electrons. The summed E-state index contributed by atoms with van der Waals surface area (Å²) in [6.45, 7) is 8.02. The number of amides is 1. The van der Waals surface area contributed by atoms with Crippen molar-refractivity contribution in [1.29, 1.82) is 0 Å². The first kappa shape index (κ1) is 19.1. The lowest BCUT2D eigenvalue weighted by molar-refractivity contribution is 0.0190. The SMILES string of the molecule is COC[C@@H]1C[C@@H]2CN(C(=O)OC(C)(C)C)CCN2c2cccc(Cl)c2O1. The van der Waals surface area contributed by atoms with Crippen LogP contribution >= 0.6 is 11.6 Å². The maximum absolute atomic E-state index is 12.5. The van der Waals surface area contributed by atoms with Crippen LogP contribution in [0.25, 0.3) is 0 Å². The van der Waals surface area contributed by atoms with Gasteiger partial charge in [-0.2, -0.15) is 0 Å². The Bertz CT molecular complexity index is 661. The fourth-order valence-corrected chi connectivity index (χ4v) is 3.73. The Labute approximate surface area is 159 Å². The van der Waals surface area contributed by atoms with E-state index in [1.54, 1.807) is 12.0 Å².